The molecule has 2 saturated heterocycles. The van der Waals surface area contributed by atoms with Gasteiger partial charge in [-0.15, -0.1) is 0 Å². The highest BCUT2D eigenvalue weighted by Crippen LogP contribution is 2.32. The van der Waals surface area contributed by atoms with E-state index in [4.69, 9.17) is 21.1 Å². The summed E-state index contributed by atoms with van der Waals surface area (Å²) in [7, 11) is 0. The van der Waals surface area contributed by atoms with Crippen LogP contribution in [-0.2, 0) is 16.0 Å². The Hall–Kier alpha value is -0.680. The van der Waals surface area contributed by atoms with Crippen molar-refractivity contribution in [1.29, 1.82) is 0 Å². The van der Waals surface area contributed by atoms with E-state index in [0.29, 0.717) is 24.8 Å². The fourth-order valence-electron chi connectivity index (χ4n) is 2.59. The predicted octanol–water partition coefficient (Wildman–Crippen LogP) is 2.43. The Labute approximate surface area is 110 Å². The van der Waals surface area contributed by atoms with Crippen LogP contribution >= 0.6 is 11.6 Å². The first kappa shape index (κ1) is 12.4. The SMILES string of the molecule is Fc1ccc(CN2CCC3(C2)OCCO3)c(Cl)c1. The summed E-state index contributed by atoms with van der Waals surface area (Å²) in [6.45, 7) is 3.71. The lowest BCUT2D eigenvalue weighted by molar-refractivity contribution is -0.145. The van der Waals surface area contributed by atoms with Crippen molar-refractivity contribution in [3.05, 3.63) is 34.6 Å². The molecule has 3 nitrogen and oxygen atoms in total. The Morgan fingerprint density at radius 1 is 1.33 bits per heavy atom. The second-order valence-corrected chi connectivity index (χ2v) is 5.21. The lowest BCUT2D eigenvalue weighted by Crippen LogP contribution is -2.34. The van der Waals surface area contributed by atoms with Gasteiger partial charge in [-0.25, -0.2) is 4.39 Å². The first-order valence-corrected chi connectivity index (χ1v) is 6.49. The van der Waals surface area contributed by atoms with Crippen molar-refractivity contribution >= 4 is 11.6 Å². The maximum atomic E-state index is 13.0. The van der Waals surface area contributed by atoms with Gasteiger partial charge in [0.25, 0.3) is 0 Å². The van der Waals surface area contributed by atoms with Crippen molar-refractivity contribution in [3.63, 3.8) is 0 Å². The average molecular weight is 272 g/mol. The van der Waals surface area contributed by atoms with Gasteiger partial charge in [-0.2, -0.15) is 0 Å². The summed E-state index contributed by atoms with van der Waals surface area (Å²) in [5.41, 5.74) is 0.938. The molecule has 0 aromatic heterocycles. The van der Waals surface area contributed by atoms with Gasteiger partial charge in [-0.3, -0.25) is 4.90 Å². The average Bonchev–Trinajstić information content (AvgIpc) is 2.94. The number of halogens is 2. The minimum atomic E-state index is -0.410. The van der Waals surface area contributed by atoms with E-state index < -0.39 is 5.79 Å². The van der Waals surface area contributed by atoms with Gasteiger partial charge in [0.15, 0.2) is 5.79 Å². The lowest BCUT2D eigenvalue weighted by atomic mass is 10.2. The summed E-state index contributed by atoms with van der Waals surface area (Å²) in [6, 6.07) is 4.53. The Morgan fingerprint density at radius 3 is 2.83 bits per heavy atom. The van der Waals surface area contributed by atoms with Crippen LogP contribution in [-0.4, -0.2) is 37.0 Å². The van der Waals surface area contributed by atoms with Crippen LogP contribution in [0.15, 0.2) is 18.2 Å². The molecular formula is C13H15ClFNO2. The molecule has 0 bridgehead atoms. The highest BCUT2D eigenvalue weighted by molar-refractivity contribution is 6.31. The molecule has 2 aliphatic rings. The number of hydrogen-bond acceptors (Lipinski definition) is 3. The van der Waals surface area contributed by atoms with Crippen LogP contribution in [0.1, 0.15) is 12.0 Å². The topological polar surface area (TPSA) is 21.7 Å². The van der Waals surface area contributed by atoms with Gasteiger partial charge in [0, 0.05) is 24.5 Å². The second kappa shape index (κ2) is 4.78. The minimum Gasteiger partial charge on any atom is -0.346 e. The number of benzene rings is 1. The fraction of sp³-hybridized carbons (Fsp3) is 0.538. The van der Waals surface area contributed by atoms with E-state index in [9.17, 15) is 4.39 Å². The normalized spacial score (nSPS) is 23.0. The highest BCUT2D eigenvalue weighted by Gasteiger charge is 2.43. The highest BCUT2D eigenvalue weighted by atomic mass is 35.5. The molecule has 18 heavy (non-hydrogen) atoms. The fourth-order valence-corrected chi connectivity index (χ4v) is 2.81. The van der Waals surface area contributed by atoms with E-state index >= 15 is 0 Å². The molecule has 2 fully saturated rings. The zero-order valence-corrected chi connectivity index (χ0v) is 10.8. The Morgan fingerprint density at radius 2 is 2.11 bits per heavy atom. The van der Waals surface area contributed by atoms with Gasteiger partial charge < -0.3 is 9.47 Å². The smallest absolute Gasteiger partial charge is 0.182 e. The molecule has 0 unspecified atom stereocenters. The van der Waals surface area contributed by atoms with E-state index in [-0.39, 0.29) is 5.82 Å². The van der Waals surface area contributed by atoms with Crippen LogP contribution in [0.25, 0.3) is 0 Å². The molecule has 0 amide bonds. The van der Waals surface area contributed by atoms with Gasteiger partial charge in [-0.1, -0.05) is 17.7 Å². The van der Waals surface area contributed by atoms with E-state index in [1.165, 1.54) is 12.1 Å². The molecule has 3 rings (SSSR count). The molecule has 0 atom stereocenters. The summed E-state index contributed by atoms with van der Waals surface area (Å²) in [6.07, 6.45) is 0.881. The molecule has 5 heteroatoms. The number of likely N-dealkylation sites (tertiary alicyclic amines) is 1. The maximum absolute atomic E-state index is 13.0. The van der Waals surface area contributed by atoms with Crippen LogP contribution in [0.3, 0.4) is 0 Å². The molecule has 98 valence electrons. The summed E-state index contributed by atoms with van der Waals surface area (Å²) in [5.74, 6) is -0.712. The van der Waals surface area contributed by atoms with Crippen LogP contribution in [0, 0.1) is 5.82 Å². The first-order chi connectivity index (χ1) is 8.67. The quantitative estimate of drug-likeness (QED) is 0.825. The van der Waals surface area contributed by atoms with Crippen molar-refractivity contribution in [2.45, 2.75) is 18.8 Å². The van der Waals surface area contributed by atoms with Crippen molar-refractivity contribution in [1.82, 2.24) is 4.90 Å². The largest absolute Gasteiger partial charge is 0.346 e. The third-order valence-electron chi connectivity index (χ3n) is 3.50. The van der Waals surface area contributed by atoms with Crippen molar-refractivity contribution in [2.75, 3.05) is 26.3 Å². The van der Waals surface area contributed by atoms with Crippen molar-refractivity contribution in [2.24, 2.45) is 0 Å². The molecule has 2 aliphatic heterocycles. The van der Waals surface area contributed by atoms with Gasteiger partial charge in [0.1, 0.15) is 5.82 Å². The van der Waals surface area contributed by atoms with Gasteiger partial charge in [0.2, 0.25) is 0 Å². The zero-order chi connectivity index (χ0) is 12.6. The summed E-state index contributed by atoms with van der Waals surface area (Å²) >= 11 is 6.03. The monoisotopic (exact) mass is 271 g/mol. The van der Waals surface area contributed by atoms with E-state index in [1.807, 2.05) is 0 Å². The molecule has 0 N–H and O–H groups in total. The lowest BCUT2D eigenvalue weighted by Gasteiger charge is -2.22. The third kappa shape index (κ3) is 2.38. The minimum absolute atomic E-state index is 0.302. The molecule has 1 spiro atoms. The molecule has 1 aromatic rings. The van der Waals surface area contributed by atoms with Crippen LogP contribution in [0.4, 0.5) is 4.39 Å². The van der Waals surface area contributed by atoms with Crippen LogP contribution in [0.5, 0.6) is 0 Å². The number of ether oxygens (including phenoxy) is 2. The predicted molar refractivity (Wildman–Crippen MR) is 65.9 cm³/mol. The third-order valence-corrected chi connectivity index (χ3v) is 3.85. The van der Waals surface area contributed by atoms with Crippen molar-refractivity contribution < 1.29 is 13.9 Å². The number of rotatable bonds is 2. The summed E-state index contributed by atoms with van der Waals surface area (Å²) in [4.78, 5) is 2.23. The second-order valence-electron chi connectivity index (χ2n) is 4.80. The van der Waals surface area contributed by atoms with E-state index in [1.54, 1.807) is 6.07 Å². The summed E-state index contributed by atoms with van der Waals surface area (Å²) < 4.78 is 24.3. The van der Waals surface area contributed by atoms with Crippen LogP contribution in [0.2, 0.25) is 5.02 Å². The summed E-state index contributed by atoms with van der Waals surface area (Å²) in [5, 5.41) is 0.476. The van der Waals surface area contributed by atoms with Gasteiger partial charge in [0.05, 0.1) is 19.8 Å². The molecule has 1 aromatic carbocycles. The molecule has 0 aliphatic carbocycles. The van der Waals surface area contributed by atoms with E-state index in [2.05, 4.69) is 4.90 Å². The number of hydrogen-bond donors (Lipinski definition) is 0. The van der Waals surface area contributed by atoms with Crippen LogP contribution < -0.4 is 0 Å². The molecule has 2 heterocycles. The van der Waals surface area contributed by atoms with Gasteiger partial charge >= 0.3 is 0 Å². The Balaban J connectivity index is 1.67. The molecule has 0 radical (unpaired) electrons. The Kier molecular flexibility index (Phi) is 3.28. The maximum Gasteiger partial charge on any atom is 0.182 e. The van der Waals surface area contributed by atoms with E-state index in [0.717, 1.165) is 25.1 Å². The Bertz CT molecular complexity index is 449. The van der Waals surface area contributed by atoms with Crippen molar-refractivity contribution in [3.8, 4) is 0 Å². The molecular weight excluding hydrogens is 257 g/mol. The standard InChI is InChI=1S/C13H15ClFNO2/c14-12-7-11(15)2-1-10(12)8-16-4-3-13(9-16)17-5-6-18-13/h1-2,7H,3-6,8-9H2. The zero-order valence-electron chi connectivity index (χ0n) is 9.99. The molecule has 0 saturated carbocycles. The van der Waals surface area contributed by atoms with Gasteiger partial charge in [-0.05, 0) is 17.7 Å². The number of nitrogens with zero attached hydrogens (tertiary/aromatic N) is 1. The first-order valence-electron chi connectivity index (χ1n) is 6.11.